The quantitative estimate of drug-likeness (QED) is 0.753. The Kier molecular flexibility index (Phi) is 4.59. The van der Waals surface area contributed by atoms with Crippen LogP contribution in [-0.2, 0) is 11.3 Å². The molecule has 2 aromatic heterocycles. The lowest BCUT2D eigenvalue weighted by Crippen LogP contribution is -2.33. The Morgan fingerprint density at radius 3 is 2.92 bits per heavy atom. The predicted molar refractivity (Wildman–Crippen MR) is 101 cm³/mol. The number of hydrogen-bond donors (Lipinski definition) is 1. The minimum absolute atomic E-state index is 0.0208. The summed E-state index contributed by atoms with van der Waals surface area (Å²) in [5.41, 5.74) is 3.05. The van der Waals surface area contributed by atoms with Crippen LogP contribution >= 0.6 is 11.3 Å². The van der Waals surface area contributed by atoms with Crippen LogP contribution in [0.1, 0.15) is 33.8 Å². The molecule has 0 unspecified atom stereocenters. The highest BCUT2D eigenvalue weighted by molar-refractivity contribution is 7.19. The first-order valence-corrected chi connectivity index (χ1v) is 9.56. The van der Waals surface area contributed by atoms with Gasteiger partial charge in [-0.1, -0.05) is 30.3 Å². The highest BCUT2D eigenvalue weighted by Gasteiger charge is 2.20. The molecule has 1 aliphatic heterocycles. The smallest absolute Gasteiger partial charge is 0.268 e. The van der Waals surface area contributed by atoms with Crippen molar-refractivity contribution < 1.29 is 9.53 Å². The molecule has 4 rings (SSSR count). The second-order valence-electron chi connectivity index (χ2n) is 6.55. The predicted octanol–water partition coefficient (Wildman–Crippen LogP) is 3.97. The van der Waals surface area contributed by atoms with Gasteiger partial charge in [-0.25, -0.2) is 0 Å². The van der Waals surface area contributed by atoms with E-state index >= 15 is 0 Å². The van der Waals surface area contributed by atoms with Gasteiger partial charge in [0.15, 0.2) is 0 Å². The number of benzene rings is 1. The van der Waals surface area contributed by atoms with Crippen molar-refractivity contribution in [1.82, 2.24) is 9.88 Å². The maximum atomic E-state index is 12.8. The first-order valence-electron chi connectivity index (χ1n) is 8.74. The molecule has 3 aromatic rings. The maximum absolute atomic E-state index is 12.8. The number of amides is 1. The summed E-state index contributed by atoms with van der Waals surface area (Å²) in [4.78, 5) is 14.0. The number of carbonyl (C=O) groups excluding carboxylic acids is 1. The third kappa shape index (κ3) is 3.48. The number of fused-ring (bicyclic) bond motifs is 1. The van der Waals surface area contributed by atoms with E-state index in [1.807, 2.05) is 24.3 Å². The molecule has 1 amide bonds. The summed E-state index contributed by atoms with van der Waals surface area (Å²) >= 11 is 1.73. The van der Waals surface area contributed by atoms with Gasteiger partial charge in [0.25, 0.3) is 5.91 Å². The lowest BCUT2D eigenvalue weighted by molar-refractivity contribution is 0.0851. The molecule has 5 heteroatoms. The Hall–Kier alpha value is -2.11. The van der Waals surface area contributed by atoms with Gasteiger partial charge in [0, 0.05) is 24.6 Å². The lowest BCUT2D eigenvalue weighted by Gasteiger charge is -2.13. The Labute approximate surface area is 151 Å². The molecule has 3 heterocycles. The average molecular weight is 354 g/mol. The van der Waals surface area contributed by atoms with E-state index in [4.69, 9.17) is 4.74 Å². The molecule has 4 nitrogen and oxygen atoms in total. The summed E-state index contributed by atoms with van der Waals surface area (Å²) in [6, 6.07) is 14.5. The number of thiophene rings is 1. The highest BCUT2D eigenvalue weighted by Crippen LogP contribution is 2.29. The average Bonchev–Trinajstić information content (AvgIpc) is 3.32. The van der Waals surface area contributed by atoms with E-state index in [1.54, 1.807) is 11.3 Å². The van der Waals surface area contributed by atoms with Crippen molar-refractivity contribution in [3.8, 4) is 0 Å². The van der Waals surface area contributed by atoms with Crippen molar-refractivity contribution in [3.05, 3.63) is 58.6 Å². The molecule has 25 heavy (non-hydrogen) atoms. The van der Waals surface area contributed by atoms with Gasteiger partial charge in [-0.05, 0) is 37.5 Å². The fourth-order valence-corrected chi connectivity index (χ4v) is 4.35. The highest BCUT2D eigenvalue weighted by atomic mass is 32.1. The van der Waals surface area contributed by atoms with Crippen molar-refractivity contribution in [2.75, 3.05) is 13.2 Å². The third-order valence-corrected chi connectivity index (χ3v) is 5.63. The number of nitrogens with zero attached hydrogens (tertiary/aromatic N) is 1. The molecule has 1 fully saturated rings. The molecular formula is C20H22N2O2S. The van der Waals surface area contributed by atoms with Crippen LogP contribution in [0.25, 0.3) is 10.2 Å². The van der Waals surface area contributed by atoms with Gasteiger partial charge in [0.05, 0.1) is 16.3 Å². The first kappa shape index (κ1) is 16.4. The Bertz CT molecular complexity index is 876. The number of ether oxygens (including phenoxy) is 1. The molecule has 0 saturated carbocycles. The minimum atomic E-state index is -0.0208. The van der Waals surface area contributed by atoms with Crippen molar-refractivity contribution in [1.29, 1.82) is 0 Å². The van der Waals surface area contributed by atoms with Crippen LogP contribution < -0.4 is 5.32 Å². The zero-order valence-electron chi connectivity index (χ0n) is 14.3. The van der Waals surface area contributed by atoms with E-state index in [1.165, 1.54) is 10.4 Å². The Morgan fingerprint density at radius 1 is 1.32 bits per heavy atom. The van der Waals surface area contributed by atoms with Gasteiger partial charge in [0.2, 0.25) is 0 Å². The van der Waals surface area contributed by atoms with E-state index in [2.05, 4.69) is 35.0 Å². The van der Waals surface area contributed by atoms with Gasteiger partial charge >= 0.3 is 0 Å². The van der Waals surface area contributed by atoms with Gasteiger partial charge in [-0.2, -0.15) is 0 Å². The van der Waals surface area contributed by atoms with E-state index in [9.17, 15) is 4.79 Å². The second-order valence-corrected chi connectivity index (χ2v) is 7.84. The lowest BCUT2D eigenvalue weighted by atomic mass is 10.2. The SMILES string of the molecule is Cc1cc2c(cc(C(=O)NC[C@@H]3CCCO3)n2Cc2ccccc2)s1. The van der Waals surface area contributed by atoms with Gasteiger partial charge in [0.1, 0.15) is 5.69 Å². The summed E-state index contributed by atoms with van der Waals surface area (Å²) < 4.78 is 8.89. The van der Waals surface area contributed by atoms with Crippen LogP contribution in [0.3, 0.4) is 0 Å². The summed E-state index contributed by atoms with van der Waals surface area (Å²) in [6.07, 6.45) is 2.27. The van der Waals surface area contributed by atoms with E-state index in [0.29, 0.717) is 13.1 Å². The maximum Gasteiger partial charge on any atom is 0.268 e. The van der Waals surface area contributed by atoms with Crippen LogP contribution in [0, 0.1) is 6.92 Å². The number of aryl methyl sites for hydroxylation is 1. The monoisotopic (exact) mass is 354 g/mol. The summed E-state index contributed by atoms with van der Waals surface area (Å²) in [6.45, 7) is 4.19. The Balaban J connectivity index is 1.61. The molecule has 0 aliphatic carbocycles. The summed E-state index contributed by atoms with van der Waals surface area (Å²) in [5.74, 6) is -0.0208. The van der Waals surface area contributed by atoms with Crippen LogP contribution in [0.2, 0.25) is 0 Å². The topological polar surface area (TPSA) is 43.3 Å². The molecule has 0 bridgehead atoms. The summed E-state index contributed by atoms with van der Waals surface area (Å²) in [7, 11) is 0. The summed E-state index contributed by atoms with van der Waals surface area (Å²) in [5, 5.41) is 3.05. The standard InChI is InChI=1S/C20H22N2O2S/c1-14-10-17-19(25-14)11-18(20(23)21-12-16-8-5-9-24-16)22(17)13-15-6-3-2-4-7-15/h2-4,6-7,10-11,16H,5,8-9,12-13H2,1H3,(H,21,23)/t16-/m0/s1. The molecule has 130 valence electrons. The fraction of sp³-hybridized carbons (Fsp3) is 0.350. The van der Waals surface area contributed by atoms with Gasteiger partial charge in [-0.3, -0.25) is 4.79 Å². The molecule has 1 aliphatic rings. The van der Waals surface area contributed by atoms with Crippen molar-refractivity contribution in [3.63, 3.8) is 0 Å². The largest absolute Gasteiger partial charge is 0.376 e. The zero-order valence-corrected chi connectivity index (χ0v) is 15.1. The van der Waals surface area contributed by atoms with Crippen molar-refractivity contribution >= 4 is 27.5 Å². The van der Waals surface area contributed by atoms with E-state index < -0.39 is 0 Å². The molecular weight excluding hydrogens is 332 g/mol. The third-order valence-electron chi connectivity index (χ3n) is 4.64. The molecule has 1 aromatic carbocycles. The molecule has 1 atom stereocenters. The van der Waals surface area contributed by atoms with Crippen LogP contribution in [0.4, 0.5) is 0 Å². The number of hydrogen-bond acceptors (Lipinski definition) is 3. The van der Waals surface area contributed by atoms with Crippen molar-refractivity contribution in [2.24, 2.45) is 0 Å². The van der Waals surface area contributed by atoms with Gasteiger partial charge in [-0.15, -0.1) is 11.3 Å². The minimum Gasteiger partial charge on any atom is -0.376 e. The molecule has 1 saturated heterocycles. The van der Waals surface area contributed by atoms with E-state index in [0.717, 1.165) is 35.4 Å². The zero-order chi connectivity index (χ0) is 17.2. The molecule has 0 radical (unpaired) electrons. The first-order chi connectivity index (χ1) is 12.2. The Morgan fingerprint density at radius 2 is 2.16 bits per heavy atom. The van der Waals surface area contributed by atoms with Gasteiger partial charge < -0.3 is 14.6 Å². The fourth-order valence-electron chi connectivity index (χ4n) is 3.39. The number of carbonyl (C=O) groups is 1. The van der Waals surface area contributed by atoms with Crippen LogP contribution in [0.15, 0.2) is 42.5 Å². The van der Waals surface area contributed by atoms with Crippen LogP contribution in [-0.4, -0.2) is 29.7 Å². The molecule has 1 N–H and O–H groups in total. The second kappa shape index (κ2) is 7.02. The van der Waals surface area contributed by atoms with Crippen LogP contribution in [0.5, 0.6) is 0 Å². The normalized spacial score (nSPS) is 17.2. The number of nitrogens with one attached hydrogen (secondary N) is 1. The number of rotatable bonds is 5. The van der Waals surface area contributed by atoms with E-state index in [-0.39, 0.29) is 12.0 Å². The molecule has 0 spiro atoms. The van der Waals surface area contributed by atoms with Crippen molar-refractivity contribution in [2.45, 2.75) is 32.4 Å². The number of aromatic nitrogens is 1.